The van der Waals surface area contributed by atoms with Gasteiger partial charge in [-0.15, -0.1) is 11.3 Å². The smallest absolute Gasteiger partial charge is 0.226 e. The summed E-state index contributed by atoms with van der Waals surface area (Å²) in [5.41, 5.74) is 1.21. The second kappa shape index (κ2) is 8.48. The van der Waals surface area contributed by atoms with Crippen molar-refractivity contribution < 1.29 is 9.59 Å². The van der Waals surface area contributed by atoms with E-state index in [2.05, 4.69) is 21.6 Å². The van der Waals surface area contributed by atoms with Gasteiger partial charge in [-0.05, 0) is 50.9 Å². The number of carbonyl (C=O) groups is 2. The van der Waals surface area contributed by atoms with Gasteiger partial charge in [0.15, 0.2) is 5.13 Å². The van der Waals surface area contributed by atoms with Crippen LogP contribution < -0.4 is 4.90 Å². The van der Waals surface area contributed by atoms with Crippen molar-refractivity contribution in [2.75, 3.05) is 44.2 Å². The summed E-state index contributed by atoms with van der Waals surface area (Å²) < 4.78 is 0. The Hall–Kier alpha value is -1.63. The molecule has 5 rings (SSSR count). The number of thiazole rings is 1. The van der Waals surface area contributed by atoms with Crippen molar-refractivity contribution in [1.29, 1.82) is 0 Å². The second-order valence-electron chi connectivity index (χ2n) is 9.75. The third-order valence-corrected chi connectivity index (χ3v) is 8.87. The van der Waals surface area contributed by atoms with Crippen LogP contribution in [0, 0.1) is 17.8 Å². The van der Waals surface area contributed by atoms with E-state index in [4.69, 9.17) is 4.98 Å². The normalized spacial score (nSPS) is 25.8. The van der Waals surface area contributed by atoms with E-state index in [1.807, 2.05) is 0 Å². The fourth-order valence-electron chi connectivity index (χ4n) is 5.23. The van der Waals surface area contributed by atoms with Gasteiger partial charge in [-0.3, -0.25) is 9.59 Å². The monoisotopic (exact) mass is 430 g/mol. The molecule has 1 aromatic heterocycles. The maximum Gasteiger partial charge on any atom is 0.226 e. The number of anilines is 1. The van der Waals surface area contributed by atoms with E-state index in [0.717, 1.165) is 95.3 Å². The zero-order valence-corrected chi connectivity index (χ0v) is 19.0. The van der Waals surface area contributed by atoms with Crippen molar-refractivity contribution in [2.24, 2.45) is 17.8 Å². The number of carbonyl (C=O) groups excluding carboxylic acids is 2. The number of hydrogen-bond donors (Lipinski definition) is 0. The molecule has 0 N–H and O–H groups in total. The van der Waals surface area contributed by atoms with E-state index >= 15 is 0 Å². The van der Waals surface area contributed by atoms with Gasteiger partial charge < -0.3 is 14.7 Å². The Morgan fingerprint density at radius 1 is 0.867 bits per heavy atom. The fourth-order valence-corrected chi connectivity index (χ4v) is 6.46. The first kappa shape index (κ1) is 20.3. The molecule has 0 bridgehead atoms. The highest BCUT2D eigenvalue weighted by molar-refractivity contribution is 7.15. The Bertz CT molecular complexity index is 789. The molecule has 30 heavy (non-hydrogen) atoms. The van der Waals surface area contributed by atoms with Crippen LogP contribution in [0.1, 0.15) is 56.0 Å². The molecule has 2 amide bonds. The standard InChI is InChI=1S/C23H34N4O2S/c1-16-7-9-25(10-8-16)22(29)18-5-6-19-20(15-18)30-23(24-19)27-13-11-26(12-14-27)21(28)17-3-2-4-17/h16-18H,2-15H2,1H3. The highest BCUT2D eigenvalue weighted by Crippen LogP contribution is 2.36. The van der Waals surface area contributed by atoms with E-state index in [9.17, 15) is 9.59 Å². The minimum absolute atomic E-state index is 0.135. The van der Waals surface area contributed by atoms with Crippen LogP contribution in [-0.4, -0.2) is 65.9 Å². The van der Waals surface area contributed by atoms with E-state index in [1.165, 1.54) is 17.0 Å². The van der Waals surface area contributed by atoms with E-state index in [0.29, 0.717) is 17.7 Å². The van der Waals surface area contributed by atoms with E-state index < -0.39 is 0 Å². The molecule has 3 fully saturated rings. The van der Waals surface area contributed by atoms with Gasteiger partial charge in [0, 0.05) is 56.0 Å². The molecule has 3 heterocycles. The molecule has 6 nitrogen and oxygen atoms in total. The molecule has 1 saturated carbocycles. The summed E-state index contributed by atoms with van der Waals surface area (Å²) in [5, 5.41) is 1.09. The Balaban J connectivity index is 1.17. The maximum absolute atomic E-state index is 13.0. The number of piperazine rings is 1. The number of nitrogens with zero attached hydrogens (tertiary/aromatic N) is 4. The van der Waals surface area contributed by atoms with Crippen molar-refractivity contribution in [2.45, 2.75) is 58.3 Å². The third kappa shape index (κ3) is 3.97. The molecule has 1 aromatic rings. The molecule has 0 radical (unpaired) electrons. The Labute approximate surface area is 183 Å². The van der Waals surface area contributed by atoms with Crippen molar-refractivity contribution in [3.05, 3.63) is 10.6 Å². The molecule has 2 aliphatic carbocycles. The first-order chi connectivity index (χ1) is 14.6. The predicted octanol–water partition coefficient (Wildman–Crippen LogP) is 2.96. The number of amides is 2. The zero-order valence-electron chi connectivity index (χ0n) is 18.1. The summed E-state index contributed by atoms with van der Waals surface area (Å²) in [6, 6.07) is 0. The number of aromatic nitrogens is 1. The van der Waals surface area contributed by atoms with Gasteiger partial charge in [0.2, 0.25) is 11.8 Å². The highest BCUT2D eigenvalue weighted by Gasteiger charge is 2.34. The Morgan fingerprint density at radius 3 is 2.20 bits per heavy atom. The van der Waals surface area contributed by atoms with Crippen LogP contribution in [0.4, 0.5) is 5.13 Å². The van der Waals surface area contributed by atoms with Gasteiger partial charge in [0.05, 0.1) is 5.69 Å². The van der Waals surface area contributed by atoms with Crippen molar-refractivity contribution in [3.8, 4) is 0 Å². The molecule has 0 aromatic carbocycles. The number of hydrogen-bond acceptors (Lipinski definition) is 5. The minimum Gasteiger partial charge on any atom is -0.345 e. The molecule has 4 aliphatic rings. The molecule has 2 aliphatic heterocycles. The van der Waals surface area contributed by atoms with Gasteiger partial charge in [0.25, 0.3) is 0 Å². The summed E-state index contributed by atoms with van der Waals surface area (Å²) >= 11 is 1.78. The van der Waals surface area contributed by atoms with E-state index in [-0.39, 0.29) is 5.92 Å². The van der Waals surface area contributed by atoms with Crippen LogP contribution in [-0.2, 0) is 22.4 Å². The Kier molecular flexibility index (Phi) is 5.73. The van der Waals surface area contributed by atoms with E-state index in [1.54, 1.807) is 11.3 Å². The molecular formula is C23H34N4O2S. The summed E-state index contributed by atoms with van der Waals surface area (Å²) in [5.74, 6) is 1.91. The number of aryl methyl sites for hydroxylation is 1. The van der Waals surface area contributed by atoms with Crippen molar-refractivity contribution in [1.82, 2.24) is 14.8 Å². The second-order valence-corrected chi connectivity index (χ2v) is 10.8. The fraction of sp³-hybridized carbons (Fsp3) is 0.783. The van der Waals surface area contributed by atoms with Crippen molar-refractivity contribution in [3.63, 3.8) is 0 Å². The molecule has 164 valence electrons. The minimum atomic E-state index is 0.135. The third-order valence-electron chi connectivity index (χ3n) is 7.69. The molecule has 1 unspecified atom stereocenters. The average molecular weight is 431 g/mol. The number of piperidine rings is 1. The highest BCUT2D eigenvalue weighted by atomic mass is 32.1. The molecule has 0 spiro atoms. The van der Waals surface area contributed by atoms with Gasteiger partial charge in [-0.25, -0.2) is 4.98 Å². The first-order valence-corrected chi connectivity index (χ1v) is 12.7. The molecular weight excluding hydrogens is 396 g/mol. The van der Waals surface area contributed by atoms with Gasteiger partial charge in [-0.2, -0.15) is 0 Å². The average Bonchev–Trinajstić information content (AvgIpc) is 3.16. The summed E-state index contributed by atoms with van der Waals surface area (Å²) in [4.78, 5) is 38.3. The quantitative estimate of drug-likeness (QED) is 0.740. The summed E-state index contributed by atoms with van der Waals surface area (Å²) in [6.45, 7) is 7.53. The number of fused-ring (bicyclic) bond motifs is 1. The van der Waals surface area contributed by atoms with Crippen LogP contribution in [0.2, 0.25) is 0 Å². The number of rotatable bonds is 3. The molecule has 2 saturated heterocycles. The molecule has 1 atom stereocenters. The van der Waals surface area contributed by atoms with Gasteiger partial charge >= 0.3 is 0 Å². The largest absolute Gasteiger partial charge is 0.345 e. The maximum atomic E-state index is 13.0. The van der Waals surface area contributed by atoms with Crippen molar-refractivity contribution >= 4 is 28.3 Å². The van der Waals surface area contributed by atoms with Crippen LogP contribution in [0.25, 0.3) is 0 Å². The SMILES string of the molecule is CC1CCN(C(=O)C2CCc3nc(N4CCN(C(=O)C5CCC5)CC4)sc3C2)CC1. The Morgan fingerprint density at radius 2 is 1.53 bits per heavy atom. The first-order valence-electron chi connectivity index (χ1n) is 11.9. The lowest BCUT2D eigenvalue weighted by molar-refractivity contribution is -0.138. The van der Waals surface area contributed by atoms with Crippen LogP contribution in [0.5, 0.6) is 0 Å². The van der Waals surface area contributed by atoms with Gasteiger partial charge in [0.1, 0.15) is 0 Å². The zero-order chi connectivity index (χ0) is 20.7. The lowest BCUT2D eigenvalue weighted by atomic mass is 9.84. The van der Waals surface area contributed by atoms with Gasteiger partial charge in [-0.1, -0.05) is 13.3 Å². The lowest BCUT2D eigenvalue weighted by Crippen LogP contribution is -2.51. The number of likely N-dealkylation sites (tertiary alicyclic amines) is 1. The van der Waals surface area contributed by atoms with Crippen LogP contribution >= 0.6 is 11.3 Å². The lowest BCUT2D eigenvalue weighted by Gasteiger charge is -2.38. The predicted molar refractivity (Wildman–Crippen MR) is 119 cm³/mol. The molecule has 7 heteroatoms. The summed E-state index contributed by atoms with van der Waals surface area (Å²) in [6.07, 6.45) is 8.37. The van der Waals surface area contributed by atoms with Crippen LogP contribution in [0.15, 0.2) is 0 Å². The van der Waals surface area contributed by atoms with Crippen LogP contribution in [0.3, 0.4) is 0 Å². The summed E-state index contributed by atoms with van der Waals surface area (Å²) in [7, 11) is 0. The topological polar surface area (TPSA) is 56.8 Å².